The van der Waals surface area contributed by atoms with Crippen molar-refractivity contribution in [3.8, 4) is 0 Å². The Morgan fingerprint density at radius 3 is 2.84 bits per heavy atom. The first-order valence-electron chi connectivity index (χ1n) is 5.62. The number of likely N-dealkylation sites (tertiary alicyclic amines) is 1. The first-order chi connectivity index (χ1) is 9.04. The Labute approximate surface area is 119 Å². The zero-order chi connectivity index (χ0) is 14.0. The Kier molecular flexibility index (Phi) is 4.21. The summed E-state index contributed by atoms with van der Waals surface area (Å²) in [4.78, 5) is 25.4. The molecule has 1 amide bonds. The summed E-state index contributed by atoms with van der Waals surface area (Å²) in [5.41, 5.74) is 0.137. The van der Waals surface area contributed by atoms with E-state index in [9.17, 15) is 9.59 Å². The summed E-state index contributed by atoms with van der Waals surface area (Å²) in [6.07, 6.45) is 1.30. The number of nitrogens with zero attached hydrogens (tertiary/aromatic N) is 3. The molecule has 2 heterocycles. The van der Waals surface area contributed by atoms with Crippen LogP contribution in [-0.2, 0) is 9.53 Å². The molecule has 1 atom stereocenters. The maximum Gasteiger partial charge on any atom is 0.328 e. The number of hydrogen-bond acceptors (Lipinski definition) is 5. The summed E-state index contributed by atoms with van der Waals surface area (Å²) in [6, 6.07) is 0.756. The van der Waals surface area contributed by atoms with E-state index in [4.69, 9.17) is 23.2 Å². The van der Waals surface area contributed by atoms with Gasteiger partial charge in [0.25, 0.3) is 5.91 Å². The van der Waals surface area contributed by atoms with Gasteiger partial charge in [-0.05, 0) is 18.9 Å². The molecule has 102 valence electrons. The standard InChI is InChI=1S/C11H11Cl2N3O3/c1-19-11(18)7-3-2-4-16(7)10(17)6-5-8(12)14-15-9(6)13/h5,7H,2-4H2,1H3. The van der Waals surface area contributed by atoms with E-state index in [-0.39, 0.29) is 15.9 Å². The van der Waals surface area contributed by atoms with Crippen molar-refractivity contribution < 1.29 is 14.3 Å². The van der Waals surface area contributed by atoms with Gasteiger partial charge in [0.1, 0.15) is 6.04 Å². The normalized spacial score (nSPS) is 18.5. The number of rotatable bonds is 2. The van der Waals surface area contributed by atoms with E-state index in [1.165, 1.54) is 18.1 Å². The molecule has 1 saturated heterocycles. The van der Waals surface area contributed by atoms with Gasteiger partial charge in [-0.3, -0.25) is 4.79 Å². The second-order valence-corrected chi connectivity index (χ2v) is 4.80. The zero-order valence-corrected chi connectivity index (χ0v) is 11.6. The minimum absolute atomic E-state index is 0.0371. The predicted octanol–water partition coefficient (Wildman–Crippen LogP) is 1.56. The molecule has 1 aromatic heterocycles. The van der Waals surface area contributed by atoms with Crippen molar-refractivity contribution in [3.05, 3.63) is 21.9 Å². The molecule has 2 rings (SSSR count). The van der Waals surface area contributed by atoms with Crippen molar-refractivity contribution in [1.29, 1.82) is 0 Å². The van der Waals surface area contributed by atoms with Crippen molar-refractivity contribution in [2.24, 2.45) is 0 Å². The van der Waals surface area contributed by atoms with E-state index in [0.29, 0.717) is 13.0 Å². The van der Waals surface area contributed by atoms with Crippen LogP contribution in [-0.4, -0.2) is 46.7 Å². The van der Waals surface area contributed by atoms with E-state index >= 15 is 0 Å². The van der Waals surface area contributed by atoms with Gasteiger partial charge in [0, 0.05) is 6.54 Å². The molecule has 0 aliphatic carbocycles. The molecular formula is C11H11Cl2N3O3. The topological polar surface area (TPSA) is 72.4 Å². The van der Waals surface area contributed by atoms with Crippen molar-refractivity contribution in [2.75, 3.05) is 13.7 Å². The average molecular weight is 304 g/mol. The van der Waals surface area contributed by atoms with Crippen LogP contribution in [0.4, 0.5) is 0 Å². The molecule has 0 radical (unpaired) electrons. The van der Waals surface area contributed by atoms with Gasteiger partial charge < -0.3 is 9.64 Å². The second kappa shape index (κ2) is 5.71. The molecule has 19 heavy (non-hydrogen) atoms. The summed E-state index contributed by atoms with van der Waals surface area (Å²) >= 11 is 11.5. The van der Waals surface area contributed by atoms with E-state index < -0.39 is 17.9 Å². The Bertz CT molecular complexity index is 524. The maximum absolute atomic E-state index is 12.4. The highest BCUT2D eigenvalue weighted by molar-refractivity contribution is 6.34. The van der Waals surface area contributed by atoms with Crippen LogP contribution in [0.15, 0.2) is 6.07 Å². The van der Waals surface area contributed by atoms with E-state index in [0.717, 1.165) is 6.42 Å². The molecule has 6 nitrogen and oxygen atoms in total. The van der Waals surface area contributed by atoms with Crippen molar-refractivity contribution in [1.82, 2.24) is 15.1 Å². The van der Waals surface area contributed by atoms with Gasteiger partial charge in [0.05, 0.1) is 12.7 Å². The lowest BCUT2D eigenvalue weighted by atomic mass is 10.2. The molecule has 0 aromatic carbocycles. The Morgan fingerprint density at radius 2 is 2.16 bits per heavy atom. The highest BCUT2D eigenvalue weighted by Crippen LogP contribution is 2.24. The molecule has 0 spiro atoms. The fourth-order valence-electron chi connectivity index (χ4n) is 2.05. The zero-order valence-electron chi connectivity index (χ0n) is 10.1. The van der Waals surface area contributed by atoms with Crippen LogP contribution in [0.2, 0.25) is 10.3 Å². The number of methoxy groups -OCH3 is 1. The van der Waals surface area contributed by atoms with Crippen LogP contribution in [0.1, 0.15) is 23.2 Å². The summed E-state index contributed by atoms with van der Waals surface area (Å²) in [7, 11) is 1.29. The second-order valence-electron chi connectivity index (χ2n) is 4.05. The third-order valence-corrected chi connectivity index (χ3v) is 3.40. The minimum atomic E-state index is -0.583. The van der Waals surface area contributed by atoms with Crippen molar-refractivity contribution in [2.45, 2.75) is 18.9 Å². The first-order valence-corrected chi connectivity index (χ1v) is 6.37. The summed E-state index contributed by atoms with van der Waals surface area (Å²) in [5.74, 6) is -0.829. The SMILES string of the molecule is COC(=O)C1CCCN1C(=O)c1cc(Cl)nnc1Cl. The van der Waals surface area contributed by atoms with Crippen LogP contribution in [0.25, 0.3) is 0 Å². The Morgan fingerprint density at radius 1 is 1.42 bits per heavy atom. The number of aromatic nitrogens is 2. The number of amides is 1. The largest absolute Gasteiger partial charge is 0.467 e. The fourth-order valence-corrected chi connectivity index (χ4v) is 2.37. The quantitative estimate of drug-likeness (QED) is 0.775. The number of hydrogen-bond donors (Lipinski definition) is 0. The van der Waals surface area contributed by atoms with Crippen LogP contribution in [0.5, 0.6) is 0 Å². The number of carbonyl (C=O) groups is 2. The highest BCUT2D eigenvalue weighted by atomic mass is 35.5. The number of ether oxygens (including phenoxy) is 1. The molecule has 8 heteroatoms. The number of halogens is 2. The molecule has 0 bridgehead atoms. The van der Waals surface area contributed by atoms with Crippen LogP contribution < -0.4 is 0 Å². The van der Waals surface area contributed by atoms with Gasteiger partial charge in [-0.2, -0.15) is 0 Å². The molecule has 1 aliphatic rings. The van der Waals surface area contributed by atoms with Crippen LogP contribution in [0, 0.1) is 0 Å². The van der Waals surface area contributed by atoms with E-state index in [1.807, 2.05) is 0 Å². The monoisotopic (exact) mass is 303 g/mol. The Balaban J connectivity index is 2.28. The number of esters is 1. The molecule has 1 fully saturated rings. The lowest BCUT2D eigenvalue weighted by Crippen LogP contribution is -2.41. The highest BCUT2D eigenvalue weighted by Gasteiger charge is 2.36. The minimum Gasteiger partial charge on any atom is -0.467 e. The third-order valence-electron chi connectivity index (χ3n) is 2.94. The molecule has 0 saturated carbocycles. The van der Waals surface area contributed by atoms with Crippen LogP contribution >= 0.6 is 23.2 Å². The Hall–Kier alpha value is -1.40. The fraction of sp³-hybridized carbons (Fsp3) is 0.455. The van der Waals surface area contributed by atoms with E-state index in [2.05, 4.69) is 14.9 Å². The predicted molar refractivity (Wildman–Crippen MR) is 68.1 cm³/mol. The van der Waals surface area contributed by atoms with Gasteiger partial charge in [-0.25, -0.2) is 4.79 Å². The number of carbonyl (C=O) groups excluding carboxylic acids is 2. The lowest BCUT2D eigenvalue weighted by Gasteiger charge is -2.22. The first kappa shape index (κ1) is 14.0. The summed E-state index contributed by atoms with van der Waals surface area (Å²) in [5, 5.41) is 7.15. The molecule has 1 unspecified atom stereocenters. The third kappa shape index (κ3) is 2.79. The smallest absolute Gasteiger partial charge is 0.328 e. The van der Waals surface area contributed by atoms with Gasteiger partial charge in [0.2, 0.25) is 0 Å². The summed E-state index contributed by atoms with van der Waals surface area (Å²) < 4.78 is 4.68. The van der Waals surface area contributed by atoms with Gasteiger partial charge >= 0.3 is 5.97 Å². The van der Waals surface area contributed by atoms with Crippen molar-refractivity contribution >= 4 is 35.1 Å². The molecule has 1 aliphatic heterocycles. The van der Waals surface area contributed by atoms with Crippen molar-refractivity contribution in [3.63, 3.8) is 0 Å². The maximum atomic E-state index is 12.4. The lowest BCUT2D eigenvalue weighted by molar-refractivity contribution is -0.145. The van der Waals surface area contributed by atoms with Gasteiger partial charge in [0.15, 0.2) is 10.3 Å². The summed E-state index contributed by atoms with van der Waals surface area (Å²) in [6.45, 7) is 0.467. The van der Waals surface area contributed by atoms with Gasteiger partial charge in [-0.1, -0.05) is 23.2 Å². The van der Waals surface area contributed by atoms with Crippen LogP contribution in [0.3, 0.4) is 0 Å². The van der Waals surface area contributed by atoms with E-state index in [1.54, 1.807) is 0 Å². The molecule has 1 aromatic rings. The van der Waals surface area contributed by atoms with Gasteiger partial charge in [-0.15, -0.1) is 10.2 Å². The molecular weight excluding hydrogens is 293 g/mol. The average Bonchev–Trinajstić information content (AvgIpc) is 2.89. The molecule has 0 N–H and O–H groups in total.